The van der Waals surface area contributed by atoms with Gasteiger partial charge in [-0.05, 0) is 79.4 Å². The highest BCUT2D eigenvalue weighted by Crippen LogP contribution is 2.52. The summed E-state index contributed by atoms with van der Waals surface area (Å²) >= 11 is 0. The van der Waals surface area contributed by atoms with E-state index in [9.17, 15) is 0 Å². The fourth-order valence-electron chi connectivity index (χ4n) is 11.4. The Bertz CT molecular complexity index is 3660. The van der Waals surface area contributed by atoms with Crippen molar-refractivity contribution in [2.24, 2.45) is 0 Å². The maximum Gasteiger partial charge on any atom is 0.181 e. The number of rotatable bonds is 7. The number of hydrogen-bond donors (Lipinski definition) is 0. The minimum atomic E-state index is -3.02. The van der Waals surface area contributed by atoms with E-state index in [0.717, 1.165) is 0 Å². The highest BCUT2D eigenvalue weighted by molar-refractivity contribution is 7.20. The standard InChI is InChI=1S/C61H42N2Si/c1-5-20-43(21-6-1)62-55-33-17-15-28-48(55)52-32-19-35-57(60(52)62)64(45-24-9-3-10-25-45,46-26-11-4-12-27-46)47-38-36-42(37-39-47)58-50-30-13-14-31-51(50)59-54(58)41-40-53-49-29-16-18-34-56(49)63(61(53)59)44-22-7-2-8-23-44/h1-41,58H. The smallest absolute Gasteiger partial charge is 0.181 e. The van der Waals surface area contributed by atoms with Crippen LogP contribution in [-0.4, -0.2) is 17.2 Å². The van der Waals surface area contributed by atoms with Gasteiger partial charge in [-0.1, -0.05) is 212 Å². The van der Waals surface area contributed by atoms with Crippen molar-refractivity contribution in [3.63, 3.8) is 0 Å². The molecule has 0 amide bonds. The van der Waals surface area contributed by atoms with Crippen LogP contribution >= 0.6 is 0 Å². The van der Waals surface area contributed by atoms with Gasteiger partial charge in [-0.3, -0.25) is 0 Å². The monoisotopic (exact) mass is 830 g/mol. The molecule has 0 fully saturated rings. The Morgan fingerprint density at radius 2 is 0.781 bits per heavy atom. The Morgan fingerprint density at radius 3 is 1.39 bits per heavy atom. The number of aromatic nitrogens is 2. The molecule has 0 radical (unpaired) electrons. The molecule has 10 aromatic carbocycles. The third kappa shape index (κ3) is 5.25. The molecule has 2 heterocycles. The van der Waals surface area contributed by atoms with Crippen LogP contribution in [0.1, 0.15) is 22.6 Å². The third-order valence-electron chi connectivity index (χ3n) is 13.9. The first-order valence-electron chi connectivity index (χ1n) is 22.3. The van der Waals surface area contributed by atoms with E-state index in [0.29, 0.717) is 0 Å². The Morgan fingerprint density at radius 1 is 0.312 bits per heavy atom. The van der Waals surface area contributed by atoms with E-state index in [1.54, 1.807) is 0 Å². The largest absolute Gasteiger partial charge is 0.309 e. The van der Waals surface area contributed by atoms with Crippen LogP contribution in [0.5, 0.6) is 0 Å². The van der Waals surface area contributed by atoms with Gasteiger partial charge in [-0.25, -0.2) is 0 Å². The minimum absolute atomic E-state index is 0.0837. The fourth-order valence-corrected chi connectivity index (χ4v) is 16.3. The average molecular weight is 831 g/mol. The second-order valence-electron chi connectivity index (χ2n) is 17.1. The van der Waals surface area contributed by atoms with E-state index in [2.05, 4.69) is 258 Å². The fraction of sp³-hybridized carbons (Fsp3) is 0.0164. The zero-order valence-electron chi connectivity index (χ0n) is 35.1. The SMILES string of the molecule is c1ccc(-n2c3ccccc3c3cccc([Si](c4ccccc4)(c4ccccc4)c4ccc(C5c6ccccc6-c6c5ccc5c7ccccc7n(-c7ccccc7)c65)cc4)c32)cc1. The average Bonchev–Trinajstić information content (AvgIpc) is 4.02. The summed E-state index contributed by atoms with van der Waals surface area (Å²) in [5.41, 5.74) is 14.0. The third-order valence-corrected chi connectivity index (χ3v) is 18.7. The molecule has 2 nitrogen and oxygen atoms in total. The lowest BCUT2D eigenvalue weighted by Crippen LogP contribution is -2.75. The highest BCUT2D eigenvalue weighted by Gasteiger charge is 2.44. The molecule has 1 unspecified atom stereocenters. The maximum absolute atomic E-state index is 3.02. The van der Waals surface area contributed by atoms with Crippen LogP contribution in [0.4, 0.5) is 0 Å². The van der Waals surface area contributed by atoms with Gasteiger partial charge in [0.15, 0.2) is 8.07 Å². The van der Waals surface area contributed by atoms with Gasteiger partial charge in [0.05, 0.1) is 22.1 Å². The van der Waals surface area contributed by atoms with E-state index in [4.69, 9.17) is 0 Å². The number of hydrogen-bond acceptors (Lipinski definition) is 0. The Balaban J connectivity index is 1.07. The first kappa shape index (κ1) is 36.7. The van der Waals surface area contributed by atoms with E-state index in [-0.39, 0.29) is 5.92 Å². The lowest BCUT2D eigenvalue weighted by molar-refractivity contribution is 1.02. The summed E-state index contributed by atoms with van der Waals surface area (Å²) in [6.45, 7) is 0. The molecule has 13 rings (SSSR count). The van der Waals surface area contributed by atoms with Crippen molar-refractivity contribution in [3.05, 3.63) is 265 Å². The summed E-state index contributed by atoms with van der Waals surface area (Å²) in [7, 11) is -3.02. The van der Waals surface area contributed by atoms with E-state index in [1.165, 1.54) is 104 Å². The second-order valence-corrected chi connectivity index (χ2v) is 20.9. The molecule has 0 bridgehead atoms. The van der Waals surface area contributed by atoms with Gasteiger partial charge < -0.3 is 9.13 Å². The van der Waals surface area contributed by atoms with E-state index >= 15 is 0 Å². The van der Waals surface area contributed by atoms with Gasteiger partial charge in [0.2, 0.25) is 0 Å². The van der Waals surface area contributed by atoms with Crippen LogP contribution in [0.2, 0.25) is 0 Å². The van der Waals surface area contributed by atoms with Crippen LogP contribution in [0, 0.1) is 0 Å². The molecule has 300 valence electrons. The van der Waals surface area contributed by atoms with Crippen molar-refractivity contribution in [2.75, 3.05) is 0 Å². The topological polar surface area (TPSA) is 9.86 Å². The van der Waals surface area contributed by atoms with Crippen LogP contribution < -0.4 is 20.7 Å². The first-order chi connectivity index (χ1) is 31.8. The molecule has 2 aromatic heterocycles. The van der Waals surface area contributed by atoms with Gasteiger partial charge in [0.1, 0.15) is 0 Å². The van der Waals surface area contributed by atoms with Crippen LogP contribution in [0.25, 0.3) is 66.1 Å². The lowest BCUT2D eigenvalue weighted by Gasteiger charge is -2.35. The van der Waals surface area contributed by atoms with E-state index in [1.807, 2.05) is 0 Å². The number of nitrogens with zero attached hydrogens (tertiary/aromatic N) is 2. The summed E-state index contributed by atoms with van der Waals surface area (Å²) in [6.07, 6.45) is 0. The summed E-state index contributed by atoms with van der Waals surface area (Å²) in [5.74, 6) is 0.0837. The summed E-state index contributed by atoms with van der Waals surface area (Å²) in [6, 6.07) is 93.1. The first-order valence-corrected chi connectivity index (χ1v) is 24.3. The Labute approximate surface area is 373 Å². The molecule has 1 aliphatic rings. The molecular formula is C61H42N2Si. The van der Waals surface area contributed by atoms with Gasteiger partial charge in [0, 0.05) is 44.4 Å². The van der Waals surface area contributed by atoms with Crippen molar-refractivity contribution in [3.8, 4) is 22.5 Å². The summed E-state index contributed by atoms with van der Waals surface area (Å²) < 4.78 is 5.00. The van der Waals surface area contributed by atoms with Crippen molar-refractivity contribution in [2.45, 2.75) is 5.92 Å². The molecule has 12 aromatic rings. The van der Waals surface area contributed by atoms with Crippen molar-refractivity contribution in [1.29, 1.82) is 0 Å². The zero-order valence-corrected chi connectivity index (χ0v) is 36.1. The minimum Gasteiger partial charge on any atom is -0.309 e. The second kappa shape index (κ2) is 14.6. The maximum atomic E-state index is 2.52. The molecule has 0 aliphatic heterocycles. The quantitative estimate of drug-likeness (QED) is 0.112. The summed E-state index contributed by atoms with van der Waals surface area (Å²) in [5, 5.41) is 10.6. The predicted molar refractivity (Wildman–Crippen MR) is 272 cm³/mol. The molecular weight excluding hydrogens is 789 g/mol. The van der Waals surface area contributed by atoms with Crippen molar-refractivity contribution < 1.29 is 0 Å². The Kier molecular flexibility index (Phi) is 8.34. The van der Waals surface area contributed by atoms with Crippen LogP contribution in [0.3, 0.4) is 0 Å². The van der Waals surface area contributed by atoms with E-state index < -0.39 is 8.07 Å². The molecule has 1 aliphatic carbocycles. The van der Waals surface area contributed by atoms with Gasteiger partial charge >= 0.3 is 0 Å². The molecule has 0 spiro atoms. The van der Waals surface area contributed by atoms with Crippen molar-refractivity contribution in [1.82, 2.24) is 9.13 Å². The van der Waals surface area contributed by atoms with Gasteiger partial charge in [-0.2, -0.15) is 0 Å². The highest BCUT2D eigenvalue weighted by atomic mass is 28.3. The molecule has 3 heteroatoms. The van der Waals surface area contributed by atoms with Crippen molar-refractivity contribution >= 4 is 72.4 Å². The lowest BCUT2D eigenvalue weighted by atomic mass is 9.89. The number of fused-ring (bicyclic) bond motifs is 10. The Hall–Kier alpha value is -7.98. The van der Waals surface area contributed by atoms with Crippen LogP contribution in [-0.2, 0) is 0 Å². The molecule has 0 saturated heterocycles. The van der Waals surface area contributed by atoms with Gasteiger partial charge in [0.25, 0.3) is 0 Å². The molecule has 0 saturated carbocycles. The normalized spacial score (nSPS) is 13.5. The number of para-hydroxylation sites is 5. The number of benzene rings is 10. The molecule has 0 N–H and O–H groups in total. The zero-order chi connectivity index (χ0) is 42.2. The predicted octanol–water partition coefficient (Wildman–Crippen LogP) is 12.4. The summed E-state index contributed by atoms with van der Waals surface area (Å²) in [4.78, 5) is 0. The van der Waals surface area contributed by atoms with Crippen LogP contribution in [0.15, 0.2) is 249 Å². The van der Waals surface area contributed by atoms with Gasteiger partial charge in [-0.15, -0.1) is 0 Å². The molecule has 64 heavy (non-hydrogen) atoms. The molecule has 1 atom stereocenters.